The van der Waals surface area contributed by atoms with E-state index in [1.165, 1.54) is 64.2 Å². The lowest BCUT2D eigenvalue weighted by molar-refractivity contribution is 0.297. The third-order valence-electron chi connectivity index (χ3n) is 6.71. The van der Waals surface area contributed by atoms with Crippen LogP contribution in [-0.4, -0.2) is 9.97 Å². The molecule has 0 aliphatic heterocycles. The molecule has 0 spiro atoms. The number of rotatable bonds is 10. The zero-order chi connectivity index (χ0) is 21.2. The Balaban J connectivity index is 1.60. The highest BCUT2D eigenvalue weighted by atomic mass is 14.9. The molecule has 1 aromatic carbocycles. The van der Waals surface area contributed by atoms with Gasteiger partial charge < -0.3 is 0 Å². The standard InChI is InChI=1S/C27H37N3/c1-3-5-7-9-21-11-13-23(14-12-21)27-29-19-26(20-30-27)24-16-15-22(10-8-6-4-2)25(17-24)18-28/h15-17,19-21,23H,3-14H2,1-2H3/t21-,23-. The van der Waals surface area contributed by atoms with Crippen molar-refractivity contribution >= 4 is 0 Å². The molecule has 3 rings (SSSR count). The molecule has 1 aliphatic carbocycles. The van der Waals surface area contributed by atoms with E-state index < -0.39 is 0 Å². The van der Waals surface area contributed by atoms with Crippen molar-refractivity contribution in [2.24, 2.45) is 5.92 Å². The maximum Gasteiger partial charge on any atom is 0.131 e. The first-order valence-electron chi connectivity index (χ1n) is 12.1. The number of aryl methyl sites for hydroxylation is 1. The van der Waals surface area contributed by atoms with E-state index in [0.29, 0.717) is 5.92 Å². The summed E-state index contributed by atoms with van der Waals surface area (Å²) in [5, 5.41) is 9.57. The second kappa shape index (κ2) is 11.8. The minimum Gasteiger partial charge on any atom is -0.240 e. The Hall–Kier alpha value is -2.21. The first-order valence-corrected chi connectivity index (χ1v) is 12.1. The number of hydrogen-bond acceptors (Lipinski definition) is 3. The van der Waals surface area contributed by atoms with Gasteiger partial charge in [0.15, 0.2) is 0 Å². The Morgan fingerprint density at radius 2 is 1.60 bits per heavy atom. The van der Waals surface area contributed by atoms with Gasteiger partial charge in [-0.15, -0.1) is 0 Å². The van der Waals surface area contributed by atoms with Gasteiger partial charge in [-0.2, -0.15) is 5.26 Å². The molecular weight excluding hydrogens is 366 g/mol. The van der Waals surface area contributed by atoms with Crippen molar-refractivity contribution in [3.05, 3.63) is 47.5 Å². The molecule has 0 amide bonds. The summed E-state index contributed by atoms with van der Waals surface area (Å²) in [6.45, 7) is 4.48. The lowest BCUT2D eigenvalue weighted by atomic mass is 9.79. The van der Waals surface area contributed by atoms with Crippen LogP contribution in [0.2, 0.25) is 0 Å². The van der Waals surface area contributed by atoms with Gasteiger partial charge in [-0.1, -0.05) is 64.5 Å². The number of benzene rings is 1. The van der Waals surface area contributed by atoms with E-state index >= 15 is 0 Å². The van der Waals surface area contributed by atoms with Crippen LogP contribution in [0.15, 0.2) is 30.6 Å². The zero-order valence-electron chi connectivity index (χ0n) is 18.9. The number of aromatic nitrogens is 2. The highest BCUT2D eigenvalue weighted by Gasteiger charge is 2.23. The van der Waals surface area contributed by atoms with Crippen LogP contribution in [0.25, 0.3) is 11.1 Å². The van der Waals surface area contributed by atoms with Crippen LogP contribution in [0.5, 0.6) is 0 Å². The van der Waals surface area contributed by atoms with Crippen LogP contribution < -0.4 is 0 Å². The quantitative estimate of drug-likeness (QED) is 0.384. The van der Waals surface area contributed by atoms with Crippen molar-refractivity contribution < 1.29 is 0 Å². The first-order chi connectivity index (χ1) is 14.7. The largest absolute Gasteiger partial charge is 0.240 e. The SMILES string of the molecule is CCCCCc1ccc(-c2cnc([C@H]3CC[C@H](CCCCC)CC3)nc2)cc1C#N. The summed E-state index contributed by atoms with van der Waals surface area (Å²) < 4.78 is 0. The molecule has 1 aliphatic rings. The predicted octanol–water partition coefficient (Wildman–Crippen LogP) is 7.60. The van der Waals surface area contributed by atoms with Crippen LogP contribution >= 0.6 is 0 Å². The molecule has 1 fully saturated rings. The molecule has 3 heteroatoms. The summed E-state index contributed by atoms with van der Waals surface area (Å²) in [5.41, 5.74) is 3.98. The number of hydrogen-bond donors (Lipinski definition) is 0. The Kier molecular flexibility index (Phi) is 8.87. The van der Waals surface area contributed by atoms with E-state index in [-0.39, 0.29) is 0 Å². The molecule has 0 N–H and O–H groups in total. The van der Waals surface area contributed by atoms with E-state index in [4.69, 9.17) is 9.97 Å². The lowest BCUT2D eigenvalue weighted by Gasteiger charge is -2.27. The summed E-state index contributed by atoms with van der Waals surface area (Å²) in [4.78, 5) is 9.45. The zero-order valence-corrected chi connectivity index (χ0v) is 18.9. The van der Waals surface area contributed by atoms with Gasteiger partial charge in [-0.3, -0.25) is 0 Å². The van der Waals surface area contributed by atoms with Crippen molar-refractivity contribution in [2.45, 2.75) is 96.8 Å². The van der Waals surface area contributed by atoms with E-state index in [1.54, 1.807) is 0 Å². The molecule has 3 nitrogen and oxygen atoms in total. The molecule has 1 aromatic heterocycles. The van der Waals surface area contributed by atoms with Crippen LogP contribution in [-0.2, 0) is 6.42 Å². The van der Waals surface area contributed by atoms with E-state index in [9.17, 15) is 5.26 Å². The fraction of sp³-hybridized carbons (Fsp3) is 0.593. The third-order valence-corrected chi connectivity index (χ3v) is 6.71. The molecule has 0 saturated heterocycles. The topological polar surface area (TPSA) is 49.6 Å². The van der Waals surface area contributed by atoms with Gasteiger partial charge in [0.05, 0.1) is 11.6 Å². The number of nitriles is 1. The molecule has 0 bridgehead atoms. The summed E-state index contributed by atoms with van der Waals surface area (Å²) in [6.07, 6.45) is 19.0. The number of unbranched alkanes of at least 4 members (excludes halogenated alkanes) is 4. The average molecular weight is 404 g/mol. The molecular formula is C27H37N3. The van der Waals surface area contributed by atoms with Crippen LogP contribution in [0.3, 0.4) is 0 Å². The normalized spacial score (nSPS) is 18.8. The summed E-state index contributed by atoms with van der Waals surface area (Å²) in [5.74, 6) is 2.42. The van der Waals surface area contributed by atoms with Gasteiger partial charge in [-0.25, -0.2) is 9.97 Å². The Morgan fingerprint density at radius 3 is 2.27 bits per heavy atom. The van der Waals surface area contributed by atoms with Gasteiger partial charge in [0.2, 0.25) is 0 Å². The smallest absolute Gasteiger partial charge is 0.131 e. The van der Waals surface area contributed by atoms with Gasteiger partial charge in [-0.05, 0) is 61.6 Å². The number of nitrogens with zero attached hydrogens (tertiary/aromatic N) is 3. The van der Waals surface area contributed by atoms with Gasteiger partial charge in [0.25, 0.3) is 0 Å². The van der Waals surface area contributed by atoms with Gasteiger partial charge in [0.1, 0.15) is 5.82 Å². The van der Waals surface area contributed by atoms with E-state index in [1.807, 2.05) is 18.5 Å². The van der Waals surface area contributed by atoms with E-state index in [2.05, 4.69) is 32.0 Å². The maximum absolute atomic E-state index is 9.57. The second-order valence-corrected chi connectivity index (χ2v) is 8.98. The second-order valence-electron chi connectivity index (χ2n) is 8.98. The summed E-state index contributed by atoms with van der Waals surface area (Å²) in [7, 11) is 0. The van der Waals surface area contributed by atoms with E-state index in [0.717, 1.165) is 46.8 Å². The minimum absolute atomic E-state index is 0.511. The average Bonchev–Trinajstić information content (AvgIpc) is 2.80. The van der Waals surface area contributed by atoms with Crippen LogP contribution in [0, 0.1) is 17.2 Å². The predicted molar refractivity (Wildman–Crippen MR) is 124 cm³/mol. The Bertz CT molecular complexity index is 811. The van der Waals surface area contributed by atoms with Crippen molar-refractivity contribution in [3.63, 3.8) is 0 Å². The first kappa shape index (κ1) is 22.5. The highest BCUT2D eigenvalue weighted by Crippen LogP contribution is 2.36. The molecule has 0 atom stereocenters. The molecule has 1 saturated carbocycles. The maximum atomic E-state index is 9.57. The fourth-order valence-corrected chi connectivity index (χ4v) is 4.73. The molecule has 2 aromatic rings. The minimum atomic E-state index is 0.511. The van der Waals surface area contributed by atoms with Crippen molar-refractivity contribution in [1.82, 2.24) is 9.97 Å². The molecule has 30 heavy (non-hydrogen) atoms. The molecule has 0 radical (unpaired) electrons. The molecule has 0 unspecified atom stereocenters. The van der Waals surface area contributed by atoms with Crippen molar-refractivity contribution in [2.75, 3.05) is 0 Å². The monoisotopic (exact) mass is 403 g/mol. The molecule has 160 valence electrons. The van der Waals surface area contributed by atoms with Crippen molar-refractivity contribution in [3.8, 4) is 17.2 Å². The van der Waals surface area contributed by atoms with Crippen molar-refractivity contribution in [1.29, 1.82) is 5.26 Å². The van der Waals surface area contributed by atoms with Crippen LogP contribution in [0.4, 0.5) is 0 Å². The summed E-state index contributed by atoms with van der Waals surface area (Å²) in [6, 6.07) is 8.60. The highest BCUT2D eigenvalue weighted by molar-refractivity contribution is 5.64. The molecule has 1 heterocycles. The lowest BCUT2D eigenvalue weighted by Crippen LogP contribution is -2.15. The third kappa shape index (κ3) is 6.14. The van der Waals surface area contributed by atoms with Gasteiger partial charge >= 0.3 is 0 Å². The van der Waals surface area contributed by atoms with Gasteiger partial charge in [0, 0.05) is 23.9 Å². The summed E-state index contributed by atoms with van der Waals surface area (Å²) >= 11 is 0. The Morgan fingerprint density at radius 1 is 0.900 bits per heavy atom. The Labute approximate surface area is 183 Å². The van der Waals surface area contributed by atoms with Crippen LogP contribution in [0.1, 0.15) is 107 Å². The fourth-order valence-electron chi connectivity index (χ4n) is 4.73.